The molecule has 0 bridgehead atoms. The molecule has 188 valence electrons. The van der Waals surface area contributed by atoms with E-state index in [2.05, 4.69) is 9.97 Å². The molecule has 38 heavy (non-hydrogen) atoms. The summed E-state index contributed by atoms with van der Waals surface area (Å²) in [6.45, 7) is 0.820. The van der Waals surface area contributed by atoms with E-state index in [1.807, 2.05) is 65.2 Å². The van der Waals surface area contributed by atoms with E-state index in [0.29, 0.717) is 45.9 Å². The molecule has 0 amide bonds. The van der Waals surface area contributed by atoms with Crippen LogP contribution in [0, 0.1) is 0 Å². The van der Waals surface area contributed by atoms with Crippen molar-refractivity contribution in [2.24, 2.45) is 0 Å². The van der Waals surface area contributed by atoms with Crippen LogP contribution in [0.2, 0.25) is 5.02 Å². The molecule has 2 aromatic heterocycles. The standard InChI is InChI=1S/C30H22ClN3O3S/c31-24-12-5-4-10-22(24)18-34-20-33-30-25(34)13-6-14-28(30)38(35,36)27-16-15-26(29-23(27)11-7-17-32-29)37-19-21-8-2-1-3-9-21/h1-17,20H,18-19H2. The first-order valence-corrected chi connectivity index (χ1v) is 13.9. The highest BCUT2D eigenvalue weighted by Crippen LogP contribution is 2.35. The largest absolute Gasteiger partial charge is 0.487 e. The van der Waals surface area contributed by atoms with Crippen LogP contribution in [0.3, 0.4) is 0 Å². The van der Waals surface area contributed by atoms with Crippen LogP contribution in [0.4, 0.5) is 0 Å². The van der Waals surface area contributed by atoms with E-state index >= 15 is 0 Å². The molecule has 6 rings (SSSR count). The highest BCUT2D eigenvalue weighted by atomic mass is 35.5. The van der Waals surface area contributed by atoms with Crippen molar-refractivity contribution in [1.82, 2.24) is 14.5 Å². The summed E-state index contributed by atoms with van der Waals surface area (Å²) >= 11 is 6.36. The number of halogens is 1. The van der Waals surface area contributed by atoms with E-state index in [4.69, 9.17) is 16.3 Å². The zero-order valence-electron chi connectivity index (χ0n) is 20.2. The summed E-state index contributed by atoms with van der Waals surface area (Å²) in [4.78, 5) is 9.25. The van der Waals surface area contributed by atoms with E-state index in [9.17, 15) is 8.42 Å². The summed E-state index contributed by atoms with van der Waals surface area (Å²) in [7, 11) is -3.94. The van der Waals surface area contributed by atoms with Gasteiger partial charge in [0, 0.05) is 16.6 Å². The second-order valence-electron chi connectivity index (χ2n) is 8.83. The number of hydrogen-bond donors (Lipinski definition) is 0. The van der Waals surface area contributed by atoms with Gasteiger partial charge in [-0.25, -0.2) is 13.4 Å². The van der Waals surface area contributed by atoms with Crippen molar-refractivity contribution in [1.29, 1.82) is 0 Å². The Morgan fingerprint density at radius 1 is 0.763 bits per heavy atom. The van der Waals surface area contributed by atoms with Crippen LogP contribution in [0.1, 0.15) is 11.1 Å². The molecular formula is C30H22ClN3O3S. The van der Waals surface area contributed by atoms with Gasteiger partial charge in [0.05, 0.1) is 28.2 Å². The van der Waals surface area contributed by atoms with Gasteiger partial charge in [0.1, 0.15) is 23.4 Å². The Labute approximate surface area is 225 Å². The second-order valence-corrected chi connectivity index (χ2v) is 11.1. The molecule has 2 heterocycles. The molecule has 6 nitrogen and oxygen atoms in total. The Morgan fingerprint density at radius 3 is 2.42 bits per heavy atom. The molecular weight excluding hydrogens is 518 g/mol. The van der Waals surface area contributed by atoms with Crippen LogP contribution in [0.5, 0.6) is 5.75 Å². The molecule has 0 saturated carbocycles. The Balaban J connectivity index is 1.40. The average Bonchev–Trinajstić information content (AvgIpc) is 3.36. The first kappa shape index (κ1) is 24.2. The van der Waals surface area contributed by atoms with Crippen LogP contribution in [-0.2, 0) is 23.0 Å². The van der Waals surface area contributed by atoms with Crippen LogP contribution in [0.15, 0.2) is 119 Å². The Kier molecular flexibility index (Phi) is 6.31. The highest BCUT2D eigenvalue weighted by Gasteiger charge is 2.26. The molecule has 0 atom stereocenters. The van der Waals surface area contributed by atoms with E-state index in [-0.39, 0.29) is 9.79 Å². The Morgan fingerprint density at radius 2 is 1.58 bits per heavy atom. The van der Waals surface area contributed by atoms with Gasteiger partial charge in [-0.3, -0.25) is 4.98 Å². The maximum Gasteiger partial charge on any atom is 0.209 e. The van der Waals surface area contributed by atoms with E-state index < -0.39 is 9.84 Å². The van der Waals surface area contributed by atoms with Gasteiger partial charge in [-0.1, -0.05) is 66.2 Å². The lowest BCUT2D eigenvalue weighted by Gasteiger charge is -2.13. The van der Waals surface area contributed by atoms with Crippen molar-refractivity contribution >= 4 is 43.4 Å². The van der Waals surface area contributed by atoms with Gasteiger partial charge in [-0.05, 0) is 53.6 Å². The maximum atomic E-state index is 14.0. The minimum Gasteiger partial charge on any atom is -0.487 e. The molecule has 8 heteroatoms. The molecule has 0 aliphatic rings. The number of imidazole rings is 1. The predicted octanol–water partition coefficient (Wildman–Crippen LogP) is 6.70. The molecule has 0 fully saturated rings. The van der Waals surface area contributed by atoms with Gasteiger partial charge < -0.3 is 9.30 Å². The number of nitrogens with zero attached hydrogens (tertiary/aromatic N) is 3. The summed E-state index contributed by atoms with van der Waals surface area (Å²) in [5, 5.41) is 1.14. The first-order valence-electron chi connectivity index (χ1n) is 12.0. The molecule has 0 aliphatic carbocycles. The van der Waals surface area contributed by atoms with Gasteiger partial charge >= 0.3 is 0 Å². The number of pyridine rings is 1. The summed E-state index contributed by atoms with van der Waals surface area (Å²) in [6, 6.07) is 29.3. The summed E-state index contributed by atoms with van der Waals surface area (Å²) in [5.41, 5.74) is 3.52. The van der Waals surface area contributed by atoms with Gasteiger partial charge in [0.15, 0.2) is 0 Å². The smallest absolute Gasteiger partial charge is 0.209 e. The fourth-order valence-corrected chi connectivity index (χ4v) is 6.34. The van der Waals surface area contributed by atoms with Crippen molar-refractivity contribution < 1.29 is 13.2 Å². The molecule has 0 radical (unpaired) electrons. The van der Waals surface area contributed by atoms with Gasteiger partial charge in [-0.2, -0.15) is 0 Å². The van der Waals surface area contributed by atoms with Crippen LogP contribution in [0.25, 0.3) is 21.9 Å². The third-order valence-electron chi connectivity index (χ3n) is 6.42. The zero-order valence-corrected chi connectivity index (χ0v) is 21.7. The lowest BCUT2D eigenvalue weighted by molar-refractivity contribution is 0.309. The molecule has 4 aromatic carbocycles. The van der Waals surface area contributed by atoms with E-state index in [1.54, 1.807) is 48.9 Å². The number of hydrogen-bond acceptors (Lipinski definition) is 5. The van der Waals surface area contributed by atoms with E-state index in [0.717, 1.165) is 11.1 Å². The van der Waals surface area contributed by atoms with Crippen molar-refractivity contribution in [2.75, 3.05) is 0 Å². The average molecular weight is 540 g/mol. The minimum atomic E-state index is -3.94. The normalized spacial score (nSPS) is 11.7. The third kappa shape index (κ3) is 4.40. The lowest BCUT2D eigenvalue weighted by Crippen LogP contribution is -2.06. The Bertz CT molecular complexity index is 1890. The van der Waals surface area contributed by atoms with Crippen LogP contribution in [-0.4, -0.2) is 23.0 Å². The summed E-state index contributed by atoms with van der Waals surface area (Å²) < 4.78 is 36.0. The lowest BCUT2D eigenvalue weighted by atomic mass is 10.2. The number of benzene rings is 4. The third-order valence-corrected chi connectivity index (χ3v) is 8.63. The van der Waals surface area contributed by atoms with Gasteiger partial charge in [0.2, 0.25) is 9.84 Å². The van der Waals surface area contributed by atoms with Gasteiger partial charge in [-0.15, -0.1) is 0 Å². The van der Waals surface area contributed by atoms with Crippen LogP contribution >= 0.6 is 11.6 Å². The molecule has 0 aliphatic heterocycles. The fraction of sp³-hybridized carbons (Fsp3) is 0.0667. The monoisotopic (exact) mass is 539 g/mol. The SMILES string of the molecule is O=S(=O)(c1ccc(OCc2ccccc2)c2ncccc12)c1cccc2c1ncn2Cc1ccccc1Cl. The summed E-state index contributed by atoms with van der Waals surface area (Å²) in [5.74, 6) is 0.519. The van der Waals surface area contributed by atoms with E-state index in [1.165, 1.54) is 0 Å². The number of aromatic nitrogens is 3. The van der Waals surface area contributed by atoms with Crippen molar-refractivity contribution in [3.05, 3.63) is 126 Å². The summed E-state index contributed by atoms with van der Waals surface area (Å²) in [6.07, 6.45) is 3.28. The molecule has 0 spiro atoms. The number of rotatable bonds is 7. The molecule has 6 aromatic rings. The number of para-hydroxylation sites is 1. The number of ether oxygens (including phenoxy) is 1. The van der Waals surface area contributed by atoms with Crippen molar-refractivity contribution in [2.45, 2.75) is 22.9 Å². The number of fused-ring (bicyclic) bond motifs is 2. The topological polar surface area (TPSA) is 74.1 Å². The predicted molar refractivity (Wildman–Crippen MR) is 148 cm³/mol. The van der Waals surface area contributed by atoms with Crippen LogP contribution < -0.4 is 4.74 Å². The highest BCUT2D eigenvalue weighted by molar-refractivity contribution is 7.92. The Hall–Kier alpha value is -4.20. The second kappa shape index (κ2) is 9.93. The first-order chi connectivity index (χ1) is 18.5. The molecule has 0 unspecified atom stereocenters. The fourth-order valence-electron chi connectivity index (χ4n) is 4.54. The molecule has 0 N–H and O–H groups in total. The minimum absolute atomic E-state index is 0.135. The molecule has 0 saturated heterocycles. The number of sulfone groups is 1. The quantitative estimate of drug-likeness (QED) is 0.226. The van der Waals surface area contributed by atoms with Gasteiger partial charge in [0.25, 0.3) is 0 Å². The van der Waals surface area contributed by atoms with Crippen molar-refractivity contribution in [3.63, 3.8) is 0 Å². The van der Waals surface area contributed by atoms with Crippen molar-refractivity contribution in [3.8, 4) is 5.75 Å². The maximum absolute atomic E-state index is 14.0. The zero-order chi connectivity index (χ0) is 26.1.